The normalized spacial score (nSPS) is 34.3. The minimum absolute atomic E-state index is 0.0975. The van der Waals surface area contributed by atoms with Crippen LogP contribution < -0.4 is 0 Å². The Morgan fingerprint density at radius 2 is 2.12 bits per heavy atom. The van der Waals surface area contributed by atoms with Crippen LogP contribution in [-0.2, 0) is 16.1 Å². The molecule has 0 bridgehead atoms. The Labute approximate surface area is 143 Å². The van der Waals surface area contributed by atoms with Gasteiger partial charge in [0.1, 0.15) is 11.9 Å². The molecule has 5 nitrogen and oxygen atoms in total. The molecule has 0 radical (unpaired) electrons. The van der Waals surface area contributed by atoms with E-state index in [0.29, 0.717) is 5.92 Å². The number of hydrogen-bond donors (Lipinski definition) is 0. The first-order chi connectivity index (χ1) is 11.7. The molecule has 3 aliphatic heterocycles. The Bertz CT molecular complexity index is 567. The molecule has 1 amide bonds. The van der Waals surface area contributed by atoms with Gasteiger partial charge >= 0.3 is 0 Å². The predicted molar refractivity (Wildman–Crippen MR) is 90.4 cm³/mol. The summed E-state index contributed by atoms with van der Waals surface area (Å²) in [6.07, 6.45) is 6.73. The molecule has 1 unspecified atom stereocenters. The molecule has 1 spiro atoms. The van der Waals surface area contributed by atoms with Gasteiger partial charge in [0.15, 0.2) is 0 Å². The van der Waals surface area contributed by atoms with Gasteiger partial charge in [-0.25, -0.2) is 0 Å². The first kappa shape index (κ1) is 16.2. The van der Waals surface area contributed by atoms with Gasteiger partial charge < -0.3 is 14.1 Å². The number of piperidine rings is 1. The SMILES string of the molecule is C[C@@H]1CN(Cc2ccco2)CC[C@@]12CCC(C(=O)N1CCCC1)O2. The monoisotopic (exact) mass is 332 g/mol. The molecule has 4 heterocycles. The van der Waals surface area contributed by atoms with Crippen LogP contribution in [0.3, 0.4) is 0 Å². The summed E-state index contributed by atoms with van der Waals surface area (Å²) >= 11 is 0. The predicted octanol–water partition coefficient (Wildman–Crippen LogP) is 2.66. The second-order valence-corrected chi connectivity index (χ2v) is 7.71. The number of amides is 1. The summed E-state index contributed by atoms with van der Waals surface area (Å²) in [7, 11) is 0. The number of carbonyl (C=O) groups excluding carboxylic acids is 1. The van der Waals surface area contributed by atoms with Crippen molar-refractivity contribution in [3.8, 4) is 0 Å². The number of hydrogen-bond acceptors (Lipinski definition) is 4. The van der Waals surface area contributed by atoms with Crippen molar-refractivity contribution >= 4 is 5.91 Å². The topological polar surface area (TPSA) is 45.9 Å². The van der Waals surface area contributed by atoms with Gasteiger partial charge in [-0.2, -0.15) is 0 Å². The highest BCUT2D eigenvalue weighted by molar-refractivity contribution is 5.81. The van der Waals surface area contributed by atoms with Crippen LogP contribution in [0.2, 0.25) is 0 Å². The van der Waals surface area contributed by atoms with E-state index < -0.39 is 0 Å². The van der Waals surface area contributed by atoms with E-state index in [1.54, 1.807) is 6.26 Å². The zero-order chi connectivity index (χ0) is 16.6. The molecule has 3 atom stereocenters. The van der Waals surface area contributed by atoms with Crippen LogP contribution in [0.25, 0.3) is 0 Å². The van der Waals surface area contributed by atoms with Crippen molar-refractivity contribution in [3.05, 3.63) is 24.2 Å². The van der Waals surface area contributed by atoms with E-state index in [1.165, 1.54) is 0 Å². The maximum absolute atomic E-state index is 12.6. The molecule has 3 saturated heterocycles. The summed E-state index contributed by atoms with van der Waals surface area (Å²) < 4.78 is 11.9. The van der Waals surface area contributed by atoms with E-state index >= 15 is 0 Å². The van der Waals surface area contributed by atoms with Crippen molar-refractivity contribution in [2.75, 3.05) is 26.2 Å². The van der Waals surface area contributed by atoms with Crippen LogP contribution in [0.15, 0.2) is 22.8 Å². The number of ether oxygens (including phenoxy) is 1. The summed E-state index contributed by atoms with van der Waals surface area (Å²) in [4.78, 5) is 17.1. The van der Waals surface area contributed by atoms with E-state index in [4.69, 9.17) is 9.15 Å². The third-order valence-electron chi connectivity index (χ3n) is 6.14. The lowest BCUT2D eigenvalue weighted by Crippen LogP contribution is -2.51. The van der Waals surface area contributed by atoms with Gasteiger partial charge in [0.25, 0.3) is 5.91 Å². The Morgan fingerprint density at radius 3 is 2.83 bits per heavy atom. The molecule has 0 N–H and O–H groups in total. The molecule has 4 rings (SSSR count). The zero-order valence-electron chi connectivity index (χ0n) is 14.6. The van der Waals surface area contributed by atoms with Gasteiger partial charge in [0.05, 0.1) is 18.4 Å². The molecule has 1 aromatic heterocycles. The van der Waals surface area contributed by atoms with E-state index in [-0.39, 0.29) is 17.6 Å². The molecule has 24 heavy (non-hydrogen) atoms. The maximum Gasteiger partial charge on any atom is 0.251 e. The van der Waals surface area contributed by atoms with Gasteiger partial charge in [-0.15, -0.1) is 0 Å². The van der Waals surface area contributed by atoms with E-state index in [1.807, 2.05) is 17.0 Å². The van der Waals surface area contributed by atoms with Crippen molar-refractivity contribution in [2.45, 2.75) is 57.3 Å². The van der Waals surface area contributed by atoms with Gasteiger partial charge in [0.2, 0.25) is 0 Å². The molecule has 3 fully saturated rings. The average molecular weight is 332 g/mol. The molecular weight excluding hydrogens is 304 g/mol. The average Bonchev–Trinajstić information content (AvgIpc) is 3.32. The quantitative estimate of drug-likeness (QED) is 0.854. The molecule has 0 aliphatic carbocycles. The Morgan fingerprint density at radius 1 is 1.29 bits per heavy atom. The summed E-state index contributed by atoms with van der Waals surface area (Å²) in [5.41, 5.74) is -0.0975. The lowest BCUT2D eigenvalue weighted by molar-refractivity contribution is -0.156. The molecule has 1 aromatic rings. The van der Waals surface area contributed by atoms with Crippen molar-refractivity contribution in [1.29, 1.82) is 0 Å². The van der Waals surface area contributed by atoms with Gasteiger partial charge in [-0.05, 0) is 50.2 Å². The molecule has 3 aliphatic rings. The summed E-state index contributed by atoms with van der Waals surface area (Å²) in [5, 5.41) is 0. The van der Waals surface area contributed by atoms with E-state index in [2.05, 4.69) is 11.8 Å². The number of carbonyl (C=O) groups is 1. The maximum atomic E-state index is 12.6. The third-order valence-corrected chi connectivity index (χ3v) is 6.14. The molecule has 132 valence electrons. The number of rotatable bonds is 3. The van der Waals surface area contributed by atoms with Crippen LogP contribution in [-0.4, -0.2) is 53.6 Å². The van der Waals surface area contributed by atoms with Gasteiger partial charge in [-0.1, -0.05) is 6.92 Å². The lowest BCUT2D eigenvalue weighted by Gasteiger charge is -2.44. The van der Waals surface area contributed by atoms with Crippen LogP contribution in [0, 0.1) is 5.92 Å². The van der Waals surface area contributed by atoms with Crippen molar-refractivity contribution in [3.63, 3.8) is 0 Å². The smallest absolute Gasteiger partial charge is 0.251 e. The zero-order valence-corrected chi connectivity index (χ0v) is 14.6. The highest BCUT2D eigenvalue weighted by Crippen LogP contribution is 2.43. The highest BCUT2D eigenvalue weighted by atomic mass is 16.5. The molecule has 0 aromatic carbocycles. The van der Waals surface area contributed by atoms with Crippen molar-refractivity contribution in [1.82, 2.24) is 9.80 Å². The summed E-state index contributed by atoms with van der Waals surface area (Å²) in [5.74, 6) is 1.69. The van der Waals surface area contributed by atoms with Gasteiger partial charge in [-0.3, -0.25) is 9.69 Å². The molecular formula is C19H28N2O3. The highest BCUT2D eigenvalue weighted by Gasteiger charge is 2.49. The lowest BCUT2D eigenvalue weighted by atomic mass is 9.80. The number of nitrogens with zero attached hydrogens (tertiary/aromatic N) is 2. The molecule has 5 heteroatoms. The van der Waals surface area contributed by atoms with Crippen LogP contribution >= 0.6 is 0 Å². The fourth-order valence-corrected chi connectivity index (χ4v) is 4.64. The second-order valence-electron chi connectivity index (χ2n) is 7.71. The van der Waals surface area contributed by atoms with Crippen LogP contribution in [0.1, 0.15) is 44.8 Å². The third kappa shape index (κ3) is 3.00. The summed E-state index contributed by atoms with van der Waals surface area (Å²) in [6.45, 7) is 6.98. The fraction of sp³-hybridized carbons (Fsp3) is 0.737. The van der Waals surface area contributed by atoms with Crippen LogP contribution in [0.5, 0.6) is 0 Å². The first-order valence-electron chi connectivity index (χ1n) is 9.38. The Kier molecular flexibility index (Phi) is 4.39. The standard InChI is InChI=1S/C19H28N2O3/c1-15-13-20(14-16-5-4-12-23-16)11-8-19(15)7-6-17(24-19)18(22)21-9-2-3-10-21/h4-5,12,15,17H,2-3,6-11,13-14H2,1H3/t15-,17?,19+/m1/s1. The summed E-state index contributed by atoms with van der Waals surface area (Å²) in [6, 6.07) is 3.98. The fourth-order valence-electron chi connectivity index (χ4n) is 4.64. The second kappa shape index (κ2) is 6.52. The van der Waals surface area contributed by atoms with Crippen molar-refractivity contribution < 1.29 is 13.9 Å². The first-order valence-corrected chi connectivity index (χ1v) is 9.38. The largest absolute Gasteiger partial charge is 0.468 e. The van der Waals surface area contributed by atoms with Crippen LogP contribution in [0.4, 0.5) is 0 Å². The minimum atomic E-state index is -0.206. The number of furan rings is 1. The molecule has 0 saturated carbocycles. The van der Waals surface area contributed by atoms with E-state index in [0.717, 1.165) is 70.6 Å². The van der Waals surface area contributed by atoms with Gasteiger partial charge in [0, 0.05) is 26.2 Å². The van der Waals surface area contributed by atoms with E-state index in [9.17, 15) is 4.79 Å². The van der Waals surface area contributed by atoms with Crippen molar-refractivity contribution in [2.24, 2.45) is 5.92 Å². The Hall–Kier alpha value is -1.33. The minimum Gasteiger partial charge on any atom is -0.468 e. The number of likely N-dealkylation sites (tertiary alicyclic amines) is 2. The Balaban J connectivity index is 1.35.